The summed E-state index contributed by atoms with van der Waals surface area (Å²) in [6, 6.07) is 13.2. The molecule has 0 saturated carbocycles. The summed E-state index contributed by atoms with van der Waals surface area (Å²) in [6.45, 7) is 0.945. The first-order valence-corrected chi connectivity index (χ1v) is 12.9. The molecule has 1 N–H and O–H groups in total. The monoisotopic (exact) mass is 579 g/mol. The molecule has 1 fully saturated rings. The van der Waals surface area contributed by atoms with Crippen LogP contribution in [0.5, 0.6) is 0 Å². The Hall–Kier alpha value is -3.41. The molecule has 0 spiro atoms. The smallest absolute Gasteiger partial charge is 0.350 e. The quantitative estimate of drug-likeness (QED) is 0.405. The highest BCUT2D eigenvalue weighted by molar-refractivity contribution is 8.00. The normalized spacial score (nSPS) is 20.5. The van der Waals surface area contributed by atoms with Gasteiger partial charge in [-0.2, -0.15) is 4.98 Å². The highest BCUT2D eigenvalue weighted by atomic mass is 35.5. The standard InChI is InChI=1S/C25H20Cl2FN3O6S/c1-13(32)29-19-10-11-31(25(35)30-19)22-20(28)21(37-24(34)15-4-8-17(27)9-5-15)18(38-22)12-36-23(33)14-2-6-16(26)7-3-14/h2-11,18,20-22H,12H2,1H3,(H,29,30,32,35)/t18-,20+,21-,22-/m1/s1. The zero-order chi connectivity index (χ0) is 27.4. The number of rotatable bonds is 7. The topological polar surface area (TPSA) is 117 Å². The van der Waals surface area contributed by atoms with Gasteiger partial charge in [-0.05, 0) is 54.6 Å². The number of benzene rings is 2. The zero-order valence-corrected chi connectivity index (χ0v) is 22.0. The molecule has 38 heavy (non-hydrogen) atoms. The predicted octanol–water partition coefficient (Wildman–Crippen LogP) is 4.54. The molecule has 13 heteroatoms. The van der Waals surface area contributed by atoms with Gasteiger partial charge in [-0.3, -0.25) is 9.36 Å². The number of aromatic nitrogens is 2. The average molecular weight is 580 g/mol. The number of esters is 2. The van der Waals surface area contributed by atoms with E-state index in [0.29, 0.717) is 10.0 Å². The van der Waals surface area contributed by atoms with E-state index in [4.69, 9.17) is 32.7 Å². The lowest BCUT2D eigenvalue weighted by atomic mass is 10.1. The lowest BCUT2D eigenvalue weighted by molar-refractivity contribution is -0.114. The van der Waals surface area contributed by atoms with E-state index in [1.807, 2.05) is 0 Å². The van der Waals surface area contributed by atoms with Crippen LogP contribution in [0.2, 0.25) is 10.0 Å². The van der Waals surface area contributed by atoms with Crippen LogP contribution in [0.15, 0.2) is 65.6 Å². The first-order valence-electron chi connectivity index (χ1n) is 11.2. The van der Waals surface area contributed by atoms with Crippen LogP contribution in [0.1, 0.15) is 33.0 Å². The van der Waals surface area contributed by atoms with Gasteiger partial charge in [0.1, 0.15) is 17.8 Å². The number of hydrogen-bond acceptors (Lipinski definition) is 8. The van der Waals surface area contributed by atoms with Crippen molar-refractivity contribution in [2.75, 3.05) is 11.9 Å². The minimum Gasteiger partial charge on any atom is -0.461 e. The number of nitrogens with zero attached hydrogens (tertiary/aromatic N) is 2. The van der Waals surface area contributed by atoms with E-state index in [0.717, 1.165) is 16.3 Å². The van der Waals surface area contributed by atoms with Gasteiger partial charge in [0.2, 0.25) is 5.91 Å². The van der Waals surface area contributed by atoms with Crippen LogP contribution in [0, 0.1) is 0 Å². The third-order valence-electron chi connectivity index (χ3n) is 5.46. The molecule has 2 heterocycles. The van der Waals surface area contributed by atoms with Crippen molar-refractivity contribution in [2.45, 2.75) is 29.8 Å². The number of hydrogen-bond donors (Lipinski definition) is 1. The van der Waals surface area contributed by atoms with Crippen LogP contribution in [0.3, 0.4) is 0 Å². The molecule has 198 valence electrons. The largest absolute Gasteiger partial charge is 0.461 e. The fourth-order valence-corrected chi connectivity index (χ4v) is 5.37. The predicted molar refractivity (Wildman–Crippen MR) is 141 cm³/mol. The first-order chi connectivity index (χ1) is 18.1. The maximum Gasteiger partial charge on any atom is 0.350 e. The molecular weight excluding hydrogens is 560 g/mol. The maximum absolute atomic E-state index is 15.8. The summed E-state index contributed by atoms with van der Waals surface area (Å²) in [5.41, 5.74) is -0.446. The lowest BCUT2D eigenvalue weighted by Gasteiger charge is -2.21. The van der Waals surface area contributed by atoms with Gasteiger partial charge < -0.3 is 14.8 Å². The molecule has 1 amide bonds. The van der Waals surface area contributed by atoms with Crippen LogP contribution in [0.25, 0.3) is 0 Å². The second kappa shape index (κ2) is 12.0. The van der Waals surface area contributed by atoms with Gasteiger partial charge in [-0.15, -0.1) is 11.8 Å². The Morgan fingerprint density at radius 1 is 1.00 bits per heavy atom. The van der Waals surface area contributed by atoms with E-state index >= 15 is 4.39 Å². The lowest BCUT2D eigenvalue weighted by Crippen LogP contribution is -2.37. The molecule has 1 aliphatic rings. The Bertz CT molecular complexity index is 1400. The van der Waals surface area contributed by atoms with E-state index in [1.54, 1.807) is 0 Å². The Labute approximate surface area is 230 Å². The van der Waals surface area contributed by atoms with Crippen molar-refractivity contribution in [3.63, 3.8) is 0 Å². The highest BCUT2D eigenvalue weighted by Gasteiger charge is 2.49. The number of thioether (sulfide) groups is 1. The zero-order valence-electron chi connectivity index (χ0n) is 19.7. The number of carbonyl (C=O) groups excluding carboxylic acids is 3. The Kier molecular flexibility index (Phi) is 8.70. The van der Waals surface area contributed by atoms with Crippen molar-refractivity contribution in [1.82, 2.24) is 9.55 Å². The number of nitrogens with one attached hydrogen (secondary N) is 1. The Morgan fingerprint density at radius 2 is 1.58 bits per heavy atom. The average Bonchev–Trinajstić information content (AvgIpc) is 3.17. The van der Waals surface area contributed by atoms with Crippen LogP contribution in [-0.4, -0.2) is 51.5 Å². The highest BCUT2D eigenvalue weighted by Crippen LogP contribution is 2.45. The summed E-state index contributed by atoms with van der Waals surface area (Å²) in [5.74, 6) is -1.90. The first kappa shape index (κ1) is 27.6. The molecule has 0 unspecified atom stereocenters. The number of anilines is 1. The van der Waals surface area contributed by atoms with E-state index in [2.05, 4.69) is 10.3 Å². The van der Waals surface area contributed by atoms with E-state index in [1.165, 1.54) is 67.7 Å². The van der Waals surface area contributed by atoms with Gasteiger partial charge in [0.15, 0.2) is 12.3 Å². The van der Waals surface area contributed by atoms with Crippen LogP contribution in [-0.2, 0) is 14.3 Å². The van der Waals surface area contributed by atoms with E-state index in [9.17, 15) is 19.2 Å². The molecule has 4 rings (SSSR count). The third-order valence-corrected chi connectivity index (χ3v) is 7.48. The van der Waals surface area contributed by atoms with Crippen LogP contribution >= 0.6 is 35.0 Å². The van der Waals surface area contributed by atoms with Gasteiger partial charge in [0.25, 0.3) is 0 Å². The number of halogens is 3. The molecule has 1 aliphatic heterocycles. The number of ether oxygens (including phenoxy) is 2. The maximum atomic E-state index is 15.8. The van der Waals surface area contributed by atoms with Crippen LogP contribution < -0.4 is 11.0 Å². The molecule has 0 bridgehead atoms. The number of alkyl halides is 1. The molecule has 1 saturated heterocycles. The SMILES string of the molecule is CC(=O)Nc1ccn([C@@H]2S[C@H](COC(=O)c3ccc(Cl)cc3)[C@@H](OC(=O)c3ccc(Cl)cc3)[C@@H]2F)c(=O)n1. The summed E-state index contributed by atoms with van der Waals surface area (Å²) < 4.78 is 27.7. The molecule has 0 radical (unpaired) electrons. The molecule has 9 nitrogen and oxygen atoms in total. The second-order valence-corrected chi connectivity index (χ2v) is 10.4. The van der Waals surface area contributed by atoms with Gasteiger partial charge in [-0.1, -0.05) is 23.2 Å². The second-order valence-electron chi connectivity index (χ2n) is 8.18. The van der Waals surface area contributed by atoms with Crippen molar-refractivity contribution >= 4 is 58.6 Å². The van der Waals surface area contributed by atoms with E-state index < -0.39 is 46.4 Å². The molecule has 0 aliphatic carbocycles. The molecule has 4 atom stereocenters. The molecular formula is C25H20Cl2FN3O6S. The van der Waals surface area contributed by atoms with E-state index in [-0.39, 0.29) is 23.6 Å². The van der Waals surface area contributed by atoms with Crippen molar-refractivity contribution in [3.8, 4) is 0 Å². The van der Waals surface area contributed by atoms with Crippen molar-refractivity contribution in [3.05, 3.63) is 92.5 Å². The Morgan fingerprint density at radius 3 is 2.13 bits per heavy atom. The fraction of sp³-hybridized carbons (Fsp3) is 0.240. The summed E-state index contributed by atoms with van der Waals surface area (Å²) in [7, 11) is 0. The summed E-state index contributed by atoms with van der Waals surface area (Å²) in [4.78, 5) is 52.9. The van der Waals surface area contributed by atoms with Gasteiger partial charge in [0, 0.05) is 23.2 Å². The minimum absolute atomic E-state index is 0.0105. The number of carbonyl (C=O) groups is 3. The van der Waals surface area contributed by atoms with Crippen molar-refractivity contribution in [1.29, 1.82) is 0 Å². The van der Waals surface area contributed by atoms with Crippen LogP contribution in [0.4, 0.5) is 10.2 Å². The van der Waals surface area contributed by atoms with Gasteiger partial charge >= 0.3 is 17.6 Å². The molecule has 3 aromatic rings. The van der Waals surface area contributed by atoms with Crippen molar-refractivity contribution in [2.24, 2.45) is 0 Å². The fourth-order valence-electron chi connectivity index (χ4n) is 3.65. The van der Waals surface area contributed by atoms with Crippen molar-refractivity contribution < 1.29 is 28.2 Å². The van der Waals surface area contributed by atoms with Gasteiger partial charge in [-0.25, -0.2) is 18.8 Å². The summed E-state index contributed by atoms with van der Waals surface area (Å²) in [6.07, 6.45) is -1.94. The van der Waals surface area contributed by atoms with Gasteiger partial charge in [0.05, 0.1) is 16.4 Å². The Balaban J connectivity index is 1.56. The summed E-state index contributed by atoms with van der Waals surface area (Å²) in [5, 5.41) is 1.22. The molecule has 2 aromatic carbocycles. The molecule has 1 aromatic heterocycles. The third kappa shape index (κ3) is 6.53. The minimum atomic E-state index is -1.86. The number of amides is 1. The summed E-state index contributed by atoms with van der Waals surface area (Å²) >= 11 is 12.7.